The maximum atomic E-state index is 12.7. The minimum absolute atomic E-state index is 0.104. The summed E-state index contributed by atoms with van der Waals surface area (Å²) in [4.78, 5) is 27.2. The second-order valence-corrected chi connectivity index (χ2v) is 10.1. The molecule has 1 fully saturated rings. The summed E-state index contributed by atoms with van der Waals surface area (Å²) in [6, 6.07) is 11.9. The van der Waals surface area contributed by atoms with Gasteiger partial charge in [-0.25, -0.2) is 8.42 Å². The number of rotatable bonds is 7. The predicted octanol–water partition coefficient (Wildman–Crippen LogP) is 3.10. The van der Waals surface area contributed by atoms with Crippen molar-refractivity contribution in [2.75, 3.05) is 36.6 Å². The van der Waals surface area contributed by atoms with E-state index in [1.54, 1.807) is 29.2 Å². The number of nitrogens with one attached hydrogen (secondary N) is 1. The van der Waals surface area contributed by atoms with Gasteiger partial charge in [-0.2, -0.15) is 4.31 Å². The van der Waals surface area contributed by atoms with E-state index in [2.05, 4.69) is 5.32 Å². The molecule has 7 nitrogen and oxygen atoms in total. The van der Waals surface area contributed by atoms with Crippen molar-refractivity contribution in [3.05, 3.63) is 48.0 Å². The molecule has 30 heavy (non-hydrogen) atoms. The molecule has 0 bridgehead atoms. The number of thioether (sulfide) groups is 1. The number of anilines is 2. The molecule has 2 amide bonds. The zero-order valence-corrected chi connectivity index (χ0v) is 18.8. The molecule has 0 spiro atoms. The first-order valence-corrected chi connectivity index (χ1v) is 12.2. The Hall–Kier alpha value is -2.36. The average molecular weight is 448 g/mol. The van der Waals surface area contributed by atoms with Gasteiger partial charge in [-0.05, 0) is 67.6 Å². The molecule has 1 aliphatic heterocycles. The van der Waals surface area contributed by atoms with Crippen molar-refractivity contribution in [1.82, 2.24) is 4.31 Å². The highest BCUT2D eigenvalue weighted by Gasteiger charge is 2.24. The summed E-state index contributed by atoms with van der Waals surface area (Å²) in [6.07, 6.45) is 3.31. The fourth-order valence-electron chi connectivity index (χ4n) is 3.35. The van der Waals surface area contributed by atoms with E-state index in [1.165, 1.54) is 30.9 Å². The van der Waals surface area contributed by atoms with Crippen LogP contribution in [-0.4, -0.2) is 50.9 Å². The van der Waals surface area contributed by atoms with Gasteiger partial charge in [0.2, 0.25) is 21.8 Å². The Morgan fingerprint density at radius 1 is 1.20 bits per heavy atom. The van der Waals surface area contributed by atoms with Gasteiger partial charge in [-0.15, -0.1) is 11.8 Å². The second-order valence-electron chi connectivity index (χ2n) is 7.13. The number of likely N-dealkylation sites (N-methyl/N-ethyl adjacent to an activating group) is 1. The van der Waals surface area contributed by atoms with Gasteiger partial charge in [0.15, 0.2) is 0 Å². The molecule has 1 saturated heterocycles. The molecule has 1 N–H and O–H groups in total. The zero-order valence-electron chi connectivity index (χ0n) is 17.2. The fraction of sp³-hybridized carbons (Fsp3) is 0.333. The molecule has 0 unspecified atom stereocenters. The summed E-state index contributed by atoms with van der Waals surface area (Å²) in [6.45, 7) is 2.27. The summed E-state index contributed by atoms with van der Waals surface area (Å²) < 4.78 is 26.4. The molecular formula is C21H25N3O4S2. The number of sulfonamides is 1. The largest absolute Gasteiger partial charge is 0.325 e. The van der Waals surface area contributed by atoms with E-state index in [0.29, 0.717) is 18.7 Å². The predicted molar refractivity (Wildman–Crippen MR) is 119 cm³/mol. The molecule has 0 atom stereocenters. The van der Waals surface area contributed by atoms with Crippen molar-refractivity contribution < 1.29 is 18.0 Å². The van der Waals surface area contributed by atoms with Crippen LogP contribution in [-0.2, 0) is 19.6 Å². The molecule has 2 aromatic rings. The Kier molecular flexibility index (Phi) is 6.84. The minimum Gasteiger partial charge on any atom is -0.325 e. The van der Waals surface area contributed by atoms with Gasteiger partial charge in [-0.1, -0.05) is 0 Å². The van der Waals surface area contributed by atoms with E-state index in [9.17, 15) is 18.0 Å². The van der Waals surface area contributed by atoms with E-state index in [0.717, 1.165) is 26.9 Å². The first-order chi connectivity index (χ1) is 14.2. The summed E-state index contributed by atoms with van der Waals surface area (Å²) in [5, 5.41) is 2.73. The molecule has 0 aliphatic carbocycles. The second kappa shape index (κ2) is 9.20. The lowest BCUT2D eigenvalue weighted by Crippen LogP contribution is -2.35. The fourth-order valence-corrected chi connectivity index (χ4v) is 4.89. The Balaban J connectivity index is 1.65. The molecule has 3 rings (SSSR count). The van der Waals surface area contributed by atoms with E-state index in [1.807, 2.05) is 19.2 Å². The Morgan fingerprint density at radius 3 is 2.47 bits per heavy atom. The number of hydrogen-bond acceptors (Lipinski definition) is 5. The molecule has 0 radical (unpaired) electrons. The summed E-state index contributed by atoms with van der Waals surface area (Å²) >= 11 is 1.52. The molecule has 0 aromatic heterocycles. The Labute approximate surface area is 181 Å². The number of carbonyl (C=O) groups excluding carboxylic acids is 2. The molecule has 2 aromatic carbocycles. The Morgan fingerprint density at radius 2 is 1.90 bits per heavy atom. The van der Waals surface area contributed by atoms with Crippen molar-refractivity contribution in [2.45, 2.75) is 29.6 Å². The quantitative estimate of drug-likeness (QED) is 0.659. The third kappa shape index (κ3) is 4.85. The number of nitrogens with zero attached hydrogens (tertiary/aromatic N) is 2. The molecule has 160 valence electrons. The van der Waals surface area contributed by atoms with Gasteiger partial charge >= 0.3 is 0 Å². The van der Waals surface area contributed by atoms with Crippen molar-refractivity contribution in [3.8, 4) is 0 Å². The normalized spacial score (nSPS) is 14.4. The van der Waals surface area contributed by atoms with Gasteiger partial charge in [0, 0.05) is 36.3 Å². The topological polar surface area (TPSA) is 86.8 Å². The summed E-state index contributed by atoms with van der Waals surface area (Å²) in [7, 11) is -2.38. The highest BCUT2D eigenvalue weighted by Crippen LogP contribution is 2.27. The third-order valence-electron chi connectivity index (χ3n) is 4.98. The van der Waals surface area contributed by atoms with Crippen LogP contribution in [0.5, 0.6) is 0 Å². The highest BCUT2D eigenvalue weighted by atomic mass is 32.2. The Bertz CT molecular complexity index is 1050. The molecule has 0 saturated carbocycles. The highest BCUT2D eigenvalue weighted by molar-refractivity contribution is 7.98. The molecule has 1 aliphatic rings. The van der Waals surface area contributed by atoms with E-state index in [4.69, 9.17) is 0 Å². The molecule has 1 heterocycles. The number of carbonyl (C=O) groups is 2. The minimum atomic E-state index is -3.76. The van der Waals surface area contributed by atoms with Gasteiger partial charge in [0.1, 0.15) is 0 Å². The standard InChI is InChI=1S/C21H25N3O4S2/c1-15-13-16(6-11-19(15)24-12-4-5-21(24)26)22-20(25)14-23(2)30(27,28)18-9-7-17(29-3)8-10-18/h6-11,13H,4-5,12,14H2,1-3H3,(H,22,25). The number of aryl methyl sites for hydroxylation is 1. The average Bonchev–Trinajstić information content (AvgIpc) is 3.13. The number of benzene rings is 2. The van der Waals surface area contributed by atoms with Crippen LogP contribution in [0, 0.1) is 6.92 Å². The lowest BCUT2D eigenvalue weighted by atomic mass is 10.1. The third-order valence-corrected chi connectivity index (χ3v) is 7.54. The van der Waals surface area contributed by atoms with E-state index in [-0.39, 0.29) is 17.3 Å². The molecule has 9 heteroatoms. The summed E-state index contributed by atoms with van der Waals surface area (Å²) in [5.41, 5.74) is 2.27. The summed E-state index contributed by atoms with van der Waals surface area (Å²) in [5.74, 6) is -0.335. The van der Waals surface area contributed by atoms with Crippen molar-refractivity contribution in [2.24, 2.45) is 0 Å². The van der Waals surface area contributed by atoms with Crippen molar-refractivity contribution >= 4 is 45.0 Å². The van der Waals surface area contributed by atoms with Crippen LogP contribution >= 0.6 is 11.8 Å². The maximum Gasteiger partial charge on any atom is 0.243 e. The lowest BCUT2D eigenvalue weighted by Gasteiger charge is -2.20. The van der Waals surface area contributed by atoms with Crippen LogP contribution in [0.1, 0.15) is 18.4 Å². The van der Waals surface area contributed by atoms with Gasteiger partial charge in [0.25, 0.3) is 0 Å². The van der Waals surface area contributed by atoms with Gasteiger partial charge in [-0.3, -0.25) is 9.59 Å². The van der Waals surface area contributed by atoms with Crippen LogP contribution in [0.2, 0.25) is 0 Å². The smallest absolute Gasteiger partial charge is 0.243 e. The maximum absolute atomic E-state index is 12.7. The molecular weight excluding hydrogens is 422 g/mol. The van der Waals surface area contributed by atoms with Crippen molar-refractivity contribution in [1.29, 1.82) is 0 Å². The number of hydrogen-bond donors (Lipinski definition) is 1. The van der Waals surface area contributed by atoms with Gasteiger partial charge < -0.3 is 10.2 Å². The number of amides is 2. The van der Waals surface area contributed by atoms with Crippen LogP contribution in [0.15, 0.2) is 52.3 Å². The van der Waals surface area contributed by atoms with Crippen molar-refractivity contribution in [3.63, 3.8) is 0 Å². The van der Waals surface area contributed by atoms with Crippen LogP contribution in [0.3, 0.4) is 0 Å². The van der Waals surface area contributed by atoms with E-state index < -0.39 is 15.9 Å². The van der Waals surface area contributed by atoms with Crippen LogP contribution in [0.25, 0.3) is 0 Å². The first kappa shape index (κ1) is 22.3. The van der Waals surface area contributed by atoms with Crippen LogP contribution in [0.4, 0.5) is 11.4 Å². The van der Waals surface area contributed by atoms with E-state index >= 15 is 0 Å². The first-order valence-electron chi connectivity index (χ1n) is 9.53. The monoisotopic (exact) mass is 447 g/mol. The SMILES string of the molecule is CSc1ccc(S(=O)(=O)N(C)CC(=O)Nc2ccc(N3CCCC3=O)c(C)c2)cc1. The van der Waals surface area contributed by atoms with Gasteiger partial charge in [0.05, 0.1) is 11.4 Å². The lowest BCUT2D eigenvalue weighted by molar-refractivity contribution is -0.117. The zero-order chi connectivity index (χ0) is 21.9. The van der Waals surface area contributed by atoms with Crippen LogP contribution < -0.4 is 10.2 Å².